The Morgan fingerprint density at radius 1 is 1.19 bits per heavy atom. The van der Waals surface area contributed by atoms with Crippen LogP contribution in [-0.4, -0.2) is 52.6 Å². The van der Waals surface area contributed by atoms with Crippen molar-refractivity contribution < 1.29 is 19.1 Å². The van der Waals surface area contributed by atoms with Crippen LogP contribution in [0.25, 0.3) is 10.9 Å². The number of anilines is 1. The Kier molecular flexibility index (Phi) is 5.73. The quantitative estimate of drug-likeness (QED) is 0.762. The van der Waals surface area contributed by atoms with Gasteiger partial charge in [0.1, 0.15) is 11.4 Å². The summed E-state index contributed by atoms with van der Waals surface area (Å²) in [4.78, 5) is 40.4. The minimum absolute atomic E-state index is 0.00892. The van der Waals surface area contributed by atoms with Gasteiger partial charge in [-0.3, -0.25) is 9.59 Å². The highest BCUT2D eigenvalue weighted by Crippen LogP contribution is 2.38. The van der Waals surface area contributed by atoms with Crippen LogP contribution < -0.4 is 10.3 Å². The van der Waals surface area contributed by atoms with Crippen molar-refractivity contribution in [3.05, 3.63) is 39.9 Å². The minimum Gasteiger partial charge on any atom is -0.477 e. The van der Waals surface area contributed by atoms with Gasteiger partial charge < -0.3 is 19.5 Å². The van der Waals surface area contributed by atoms with Crippen LogP contribution in [0.4, 0.5) is 10.1 Å². The van der Waals surface area contributed by atoms with Gasteiger partial charge in [0.25, 0.3) is 0 Å². The molecule has 31 heavy (non-hydrogen) atoms. The normalized spacial score (nSPS) is 17.8. The number of nitrogens with zero attached hydrogens (tertiary/aromatic N) is 3. The molecule has 1 aromatic carbocycles. The van der Waals surface area contributed by atoms with E-state index < -0.39 is 17.2 Å². The van der Waals surface area contributed by atoms with E-state index in [2.05, 4.69) is 6.92 Å². The lowest BCUT2D eigenvalue weighted by Gasteiger charge is -2.37. The zero-order chi connectivity index (χ0) is 22.3. The highest BCUT2D eigenvalue weighted by molar-refractivity contribution is 5.93. The molecule has 2 aliphatic rings. The Morgan fingerprint density at radius 2 is 1.87 bits per heavy atom. The van der Waals surface area contributed by atoms with Crippen molar-refractivity contribution >= 4 is 28.5 Å². The van der Waals surface area contributed by atoms with Gasteiger partial charge in [0.05, 0.1) is 11.2 Å². The lowest BCUT2D eigenvalue weighted by Crippen LogP contribution is -2.50. The molecule has 1 unspecified atom stereocenters. The summed E-state index contributed by atoms with van der Waals surface area (Å²) < 4.78 is 16.8. The number of rotatable bonds is 6. The third kappa shape index (κ3) is 4.03. The molecule has 1 aromatic heterocycles. The summed E-state index contributed by atoms with van der Waals surface area (Å²) in [5.41, 5.74) is -0.0490. The second kappa shape index (κ2) is 8.32. The van der Waals surface area contributed by atoms with Crippen molar-refractivity contribution in [1.29, 1.82) is 0 Å². The van der Waals surface area contributed by atoms with Gasteiger partial charge in [-0.05, 0) is 31.4 Å². The number of benzene rings is 1. The molecule has 166 valence electrons. The smallest absolute Gasteiger partial charge is 0.341 e. The number of halogens is 1. The summed E-state index contributed by atoms with van der Waals surface area (Å²) in [5.74, 6) is -1.72. The third-order valence-electron chi connectivity index (χ3n) is 6.35. The van der Waals surface area contributed by atoms with Crippen molar-refractivity contribution in [2.75, 3.05) is 31.1 Å². The highest BCUT2D eigenvalue weighted by Gasteiger charge is 2.29. The summed E-state index contributed by atoms with van der Waals surface area (Å²) in [6.45, 7) is 6.08. The monoisotopic (exact) mass is 429 g/mol. The number of aromatic nitrogens is 1. The molecule has 0 bridgehead atoms. The number of carboxylic acid groups (broad SMARTS) is 1. The first-order valence-corrected chi connectivity index (χ1v) is 11.0. The first-order valence-electron chi connectivity index (χ1n) is 11.0. The van der Waals surface area contributed by atoms with Gasteiger partial charge >= 0.3 is 5.97 Å². The predicted molar refractivity (Wildman–Crippen MR) is 116 cm³/mol. The topological polar surface area (TPSA) is 82.8 Å². The molecular weight excluding hydrogens is 401 g/mol. The fourth-order valence-electron chi connectivity index (χ4n) is 4.44. The number of piperazine rings is 1. The van der Waals surface area contributed by atoms with Gasteiger partial charge in [0.15, 0.2) is 0 Å². The van der Waals surface area contributed by atoms with Gasteiger partial charge in [0.2, 0.25) is 11.3 Å². The molecule has 1 saturated heterocycles. The van der Waals surface area contributed by atoms with E-state index >= 15 is 4.39 Å². The van der Waals surface area contributed by atoms with Gasteiger partial charge in [-0.15, -0.1) is 0 Å². The number of fused-ring (bicyclic) bond motifs is 1. The molecule has 2 aromatic rings. The van der Waals surface area contributed by atoms with E-state index in [1.807, 2.05) is 16.7 Å². The molecule has 0 radical (unpaired) electrons. The van der Waals surface area contributed by atoms with E-state index in [4.69, 9.17) is 0 Å². The van der Waals surface area contributed by atoms with E-state index in [1.54, 1.807) is 10.6 Å². The van der Waals surface area contributed by atoms with Crippen LogP contribution in [0.5, 0.6) is 0 Å². The van der Waals surface area contributed by atoms with Gasteiger partial charge in [0, 0.05) is 49.7 Å². The van der Waals surface area contributed by atoms with Crippen molar-refractivity contribution in [2.45, 2.75) is 45.6 Å². The lowest BCUT2D eigenvalue weighted by molar-refractivity contribution is -0.135. The predicted octanol–water partition coefficient (Wildman–Crippen LogP) is 3.26. The highest BCUT2D eigenvalue weighted by atomic mass is 19.1. The van der Waals surface area contributed by atoms with E-state index in [-0.39, 0.29) is 28.8 Å². The van der Waals surface area contributed by atoms with Crippen molar-refractivity contribution in [2.24, 2.45) is 5.92 Å². The average Bonchev–Trinajstić information content (AvgIpc) is 3.59. The molecule has 7 nitrogen and oxygen atoms in total. The Hall–Kier alpha value is -2.90. The first kappa shape index (κ1) is 21.3. The number of carbonyl (C=O) groups excluding carboxylic acids is 1. The van der Waals surface area contributed by atoms with Gasteiger partial charge in [-0.2, -0.15) is 0 Å². The molecular formula is C23H28FN3O4. The molecule has 2 fully saturated rings. The summed E-state index contributed by atoms with van der Waals surface area (Å²) in [6, 6.07) is 2.96. The Bertz CT molecular complexity index is 1080. The molecule has 1 aliphatic heterocycles. The molecule has 8 heteroatoms. The van der Waals surface area contributed by atoms with Crippen LogP contribution >= 0.6 is 0 Å². The summed E-state index contributed by atoms with van der Waals surface area (Å²) >= 11 is 0. The van der Waals surface area contributed by atoms with E-state index in [9.17, 15) is 19.5 Å². The fourth-order valence-corrected chi connectivity index (χ4v) is 4.44. The number of pyridine rings is 1. The zero-order valence-electron chi connectivity index (χ0n) is 17.9. The summed E-state index contributed by atoms with van der Waals surface area (Å²) in [7, 11) is 0. The number of aromatic carboxylic acids is 1. The van der Waals surface area contributed by atoms with Crippen LogP contribution in [-0.2, 0) is 4.79 Å². The molecule has 4 rings (SSSR count). The molecule has 1 saturated carbocycles. The molecule has 1 N–H and O–H groups in total. The lowest BCUT2D eigenvalue weighted by atomic mass is 10.0. The Balaban J connectivity index is 1.64. The van der Waals surface area contributed by atoms with E-state index in [1.165, 1.54) is 12.3 Å². The molecule has 0 spiro atoms. The Labute approximate surface area is 180 Å². The molecule has 1 amide bonds. The third-order valence-corrected chi connectivity index (χ3v) is 6.35. The maximum atomic E-state index is 15.0. The summed E-state index contributed by atoms with van der Waals surface area (Å²) in [6.07, 6.45) is 5.01. The largest absolute Gasteiger partial charge is 0.477 e. The van der Waals surface area contributed by atoms with E-state index in [0.29, 0.717) is 37.4 Å². The molecule has 2 heterocycles. The number of amides is 1. The van der Waals surface area contributed by atoms with Crippen molar-refractivity contribution in [3.8, 4) is 0 Å². The minimum atomic E-state index is -1.30. The number of carboxylic acids is 1. The number of carbonyl (C=O) groups is 2. The van der Waals surface area contributed by atoms with Crippen LogP contribution in [0.1, 0.15) is 55.9 Å². The van der Waals surface area contributed by atoms with Gasteiger partial charge in [-0.25, -0.2) is 9.18 Å². The zero-order valence-corrected chi connectivity index (χ0v) is 17.9. The molecule has 1 aliphatic carbocycles. The first-order chi connectivity index (χ1) is 14.8. The maximum absolute atomic E-state index is 15.0. The van der Waals surface area contributed by atoms with Crippen LogP contribution in [0, 0.1) is 11.7 Å². The number of hydrogen-bond acceptors (Lipinski definition) is 4. The average molecular weight is 429 g/mol. The SMILES string of the molecule is CCCC(C)C(=O)N1CCN(c2cc3c(cc2F)c(=O)c(C(=O)O)cn3C2CC2)CC1. The second-order valence-electron chi connectivity index (χ2n) is 8.64. The van der Waals surface area contributed by atoms with Crippen LogP contribution in [0.2, 0.25) is 0 Å². The van der Waals surface area contributed by atoms with Gasteiger partial charge in [-0.1, -0.05) is 20.3 Å². The van der Waals surface area contributed by atoms with Crippen molar-refractivity contribution in [1.82, 2.24) is 9.47 Å². The number of hydrogen-bond donors (Lipinski definition) is 1. The van der Waals surface area contributed by atoms with E-state index in [0.717, 1.165) is 25.7 Å². The van der Waals surface area contributed by atoms with Crippen LogP contribution in [0.3, 0.4) is 0 Å². The maximum Gasteiger partial charge on any atom is 0.341 e. The fraction of sp³-hybridized carbons (Fsp3) is 0.522. The van der Waals surface area contributed by atoms with Crippen molar-refractivity contribution in [3.63, 3.8) is 0 Å². The molecule has 1 atom stereocenters. The standard InChI is InChI=1S/C23H28FN3O4/c1-3-4-14(2)22(29)26-9-7-25(8-10-26)20-12-19-16(11-18(20)24)21(28)17(23(30)31)13-27(19)15-5-6-15/h11-15H,3-10H2,1-2H3,(H,30,31). The summed E-state index contributed by atoms with van der Waals surface area (Å²) in [5, 5.41) is 9.47. The Morgan fingerprint density at radius 3 is 2.45 bits per heavy atom. The van der Waals surface area contributed by atoms with Crippen LogP contribution in [0.15, 0.2) is 23.1 Å². The second-order valence-corrected chi connectivity index (χ2v) is 8.64.